The van der Waals surface area contributed by atoms with Gasteiger partial charge in [-0.25, -0.2) is 13.6 Å². The van der Waals surface area contributed by atoms with Crippen molar-refractivity contribution >= 4 is 15.9 Å². The van der Waals surface area contributed by atoms with Crippen LogP contribution in [0.4, 0.5) is 0 Å². The van der Waals surface area contributed by atoms with Gasteiger partial charge >= 0.3 is 0 Å². The average molecular weight is 312 g/mol. The number of primary sulfonamides is 1. The molecule has 0 unspecified atom stereocenters. The van der Waals surface area contributed by atoms with Crippen LogP contribution in [0.25, 0.3) is 0 Å². The Morgan fingerprint density at radius 1 is 1.33 bits per heavy atom. The van der Waals surface area contributed by atoms with E-state index in [2.05, 4.69) is 0 Å². The molecular formula is C14H20N2O4S. The van der Waals surface area contributed by atoms with E-state index in [0.717, 1.165) is 12.8 Å². The molecule has 2 N–H and O–H groups in total. The topological polar surface area (TPSA) is 89.7 Å². The highest BCUT2D eigenvalue weighted by molar-refractivity contribution is 7.89. The first-order chi connectivity index (χ1) is 9.93. The van der Waals surface area contributed by atoms with Crippen LogP contribution in [-0.4, -0.2) is 45.0 Å². The smallest absolute Gasteiger partial charge is 0.255 e. The molecule has 1 fully saturated rings. The third-order valence-corrected chi connectivity index (χ3v) is 4.52. The Labute approximate surface area is 124 Å². The number of likely N-dealkylation sites (tertiary alicyclic amines) is 1. The SMILES string of the molecule is CCOC1CCN(C(=O)c2ccccc2S(N)(=O)=O)CC1. The van der Waals surface area contributed by atoms with Gasteiger partial charge in [-0.1, -0.05) is 12.1 Å². The zero-order valence-electron chi connectivity index (χ0n) is 12.0. The number of sulfonamides is 1. The number of carbonyl (C=O) groups is 1. The molecule has 116 valence electrons. The van der Waals surface area contributed by atoms with Gasteiger partial charge in [-0.05, 0) is 31.9 Å². The molecule has 1 aromatic rings. The minimum Gasteiger partial charge on any atom is -0.378 e. The molecule has 2 rings (SSSR count). The summed E-state index contributed by atoms with van der Waals surface area (Å²) in [5.74, 6) is -0.297. The molecule has 0 bridgehead atoms. The van der Waals surface area contributed by atoms with Crippen molar-refractivity contribution < 1.29 is 17.9 Å². The van der Waals surface area contributed by atoms with Crippen LogP contribution in [0.3, 0.4) is 0 Å². The average Bonchev–Trinajstić information content (AvgIpc) is 2.47. The van der Waals surface area contributed by atoms with E-state index in [-0.39, 0.29) is 22.5 Å². The van der Waals surface area contributed by atoms with Crippen LogP contribution in [0.5, 0.6) is 0 Å². The Bertz CT molecular complexity index is 607. The maximum atomic E-state index is 12.5. The van der Waals surface area contributed by atoms with Crippen LogP contribution in [0, 0.1) is 0 Å². The molecule has 7 heteroatoms. The first kappa shape index (κ1) is 15.9. The molecule has 6 nitrogen and oxygen atoms in total. The molecule has 1 heterocycles. The molecular weight excluding hydrogens is 292 g/mol. The summed E-state index contributed by atoms with van der Waals surface area (Å²) in [5, 5.41) is 5.17. The van der Waals surface area contributed by atoms with E-state index in [4.69, 9.17) is 9.88 Å². The number of rotatable bonds is 4. The molecule has 0 aromatic heterocycles. The Hall–Kier alpha value is -1.44. The van der Waals surface area contributed by atoms with E-state index >= 15 is 0 Å². The Kier molecular flexibility index (Phi) is 4.97. The van der Waals surface area contributed by atoms with Crippen LogP contribution in [0.15, 0.2) is 29.2 Å². The first-order valence-electron chi connectivity index (χ1n) is 6.96. The van der Waals surface area contributed by atoms with Gasteiger partial charge in [0, 0.05) is 19.7 Å². The van der Waals surface area contributed by atoms with Crippen molar-refractivity contribution in [2.75, 3.05) is 19.7 Å². The number of hydrogen-bond acceptors (Lipinski definition) is 4. The van der Waals surface area contributed by atoms with Gasteiger partial charge in [-0.2, -0.15) is 0 Å². The third kappa shape index (κ3) is 3.81. The Balaban J connectivity index is 2.15. The van der Waals surface area contributed by atoms with E-state index in [0.29, 0.717) is 19.7 Å². The lowest BCUT2D eigenvalue weighted by atomic mass is 10.1. The Morgan fingerprint density at radius 2 is 1.95 bits per heavy atom. The minimum absolute atomic E-state index is 0.123. The van der Waals surface area contributed by atoms with Crippen LogP contribution in [0.1, 0.15) is 30.1 Å². The highest BCUT2D eigenvalue weighted by Crippen LogP contribution is 2.20. The normalized spacial score (nSPS) is 17.0. The second-order valence-electron chi connectivity index (χ2n) is 4.99. The van der Waals surface area contributed by atoms with E-state index in [9.17, 15) is 13.2 Å². The van der Waals surface area contributed by atoms with Crippen LogP contribution in [0.2, 0.25) is 0 Å². The van der Waals surface area contributed by atoms with Gasteiger partial charge in [0.1, 0.15) is 0 Å². The van der Waals surface area contributed by atoms with Crippen molar-refractivity contribution in [2.24, 2.45) is 5.14 Å². The maximum absolute atomic E-state index is 12.5. The minimum atomic E-state index is -3.91. The van der Waals surface area contributed by atoms with Crippen molar-refractivity contribution in [1.82, 2.24) is 4.90 Å². The number of nitrogens with zero attached hydrogens (tertiary/aromatic N) is 1. The number of piperidine rings is 1. The standard InChI is InChI=1S/C14H20N2O4S/c1-2-20-11-7-9-16(10-8-11)14(17)12-5-3-4-6-13(12)21(15,18)19/h3-6,11H,2,7-10H2,1H3,(H2,15,18,19). The van der Waals surface area contributed by atoms with Crippen molar-refractivity contribution in [3.63, 3.8) is 0 Å². The molecule has 1 amide bonds. The second kappa shape index (κ2) is 6.55. The summed E-state index contributed by atoms with van der Waals surface area (Å²) >= 11 is 0. The van der Waals surface area contributed by atoms with Crippen molar-refractivity contribution in [3.05, 3.63) is 29.8 Å². The lowest BCUT2D eigenvalue weighted by Gasteiger charge is -2.32. The number of ether oxygens (including phenoxy) is 1. The molecule has 0 spiro atoms. The lowest BCUT2D eigenvalue weighted by Crippen LogP contribution is -2.41. The summed E-state index contributed by atoms with van der Waals surface area (Å²) in [6, 6.07) is 6.04. The third-order valence-electron chi connectivity index (χ3n) is 3.56. The van der Waals surface area contributed by atoms with Crippen molar-refractivity contribution in [1.29, 1.82) is 0 Å². The van der Waals surface area contributed by atoms with Crippen molar-refractivity contribution in [2.45, 2.75) is 30.8 Å². The van der Waals surface area contributed by atoms with Gasteiger partial charge in [0.15, 0.2) is 0 Å². The van der Waals surface area contributed by atoms with Crippen LogP contribution >= 0.6 is 0 Å². The van der Waals surface area contributed by atoms with Gasteiger partial charge < -0.3 is 9.64 Å². The zero-order valence-corrected chi connectivity index (χ0v) is 12.8. The number of nitrogens with two attached hydrogens (primary N) is 1. The fraction of sp³-hybridized carbons (Fsp3) is 0.500. The van der Waals surface area contributed by atoms with Gasteiger partial charge in [0.25, 0.3) is 5.91 Å². The molecule has 1 saturated heterocycles. The summed E-state index contributed by atoms with van der Waals surface area (Å²) in [5.41, 5.74) is 0.134. The summed E-state index contributed by atoms with van der Waals surface area (Å²) < 4.78 is 28.7. The molecule has 21 heavy (non-hydrogen) atoms. The zero-order chi connectivity index (χ0) is 15.5. The monoisotopic (exact) mass is 312 g/mol. The van der Waals surface area contributed by atoms with E-state index < -0.39 is 10.0 Å². The summed E-state index contributed by atoms with van der Waals surface area (Å²) in [6.45, 7) is 3.72. The summed E-state index contributed by atoms with van der Waals surface area (Å²) in [7, 11) is -3.91. The van der Waals surface area contributed by atoms with Crippen molar-refractivity contribution in [3.8, 4) is 0 Å². The number of benzene rings is 1. The molecule has 0 aliphatic carbocycles. The maximum Gasteiger partial charge on any atom is 0.255 e. The lowest BCUT2D eigenvalue weighted by molar-refractivity contribution is 0.0145. The van der Waals surface area contributed by atoms with Crippen LogP contribution in [-0.2, 0) is 14.8 Å². The fourth-order valence-electron chi connectivity index (χ4n) is 2.52. The highest BCUT2D eigenvalue weighted by atomic mass is 32.2. The van der Waals surface area contributed by atoms with E-state index in [1.54, 1.807) is 17.0 Å². The second-order valence-corrected chi connectivity index (χ2v) is 6.52. The number of amides is 1. The predicted molar refractivity (Wildman–Crippen MR) is 78.4 cm³/mol. The first-order valence-corrected chi connectivity index (χ1v) is 8.50. The molecule has 1 aromatic carbocycles. The highest BCUT2D eigenvalue weighted by Gasteiger charge is 2.27. The molecule has 1 aliphatic heterocycles. The predicted octanol–water partition coefficient (Wildman–Crippen LogP) is 0.975. The summed E-state index contributed by atoms with van der Waals surface area (Å²) in [4.78, 5) is 14.0. The molecule has 1 aliphatic rings. The number of carbonyl (C=O) groups excluding carboxylic acids is 1. The molecule has 0 atom stereocenters. The van der Waals surface area contributed by atoms with Gasteiger partial charge in [0.2, 0.25) is 10.0 Å². The largest absolute Gasteiger partial charge is 0.378 e. The van der Waals surface area contributed by atoms with E-state index in [1.807, 2.05) is 6.92 Å². The fourth-order valence-corrected chi connectivity index (χ4v) is 3.25. The Morgan fingerprint density at radius 3 is 2.52 bits per heavy atom. The van der Waals surface area contributed by atoms with Gasteiger partial charge in [-0.3, -0.25) is 4.79 Å². The quantitative estimate of drug-likeness (QED) is 0.897. The molecule has 0 radical (unpaired) electrons. The summed E-state index contributed by atoms with van der Waals surface area (Å²) in [6.07, 6.45) is 1.70. The van der Waals surface area contributed by atoms with E-state index in [1.165, 1.54) is 12.1 Å². The number of hydrogen-bond donors (Lipinski definition) is 1. The van der Waals surface area contributed by atoms with Gasteiger partial charge in [0.05, 0.1) is 16.6 Å². The molecule has 0 saturated carbocycles. The van der Waals surface area contributed by atoms with Crippen LogP contribution < -0.4 is 5.14 Å². The van der Waals surface area contributed by atoms with Gasteiger partial charge in [-0.15, -0.1) is 0 Å².